The molecule has 0 unspecified atom stereocenters. The van der Waals surface area contributed by atoms with E-state index in [0.717, 1.165) is 49.6 Å². The molecule has 0 radical (unpaired) electrons. The number of rotatable bonds is 5. The van der Waals surface area contributed by atoms with Gasteiger partial charge >= 0.3 is 0 Å². The monoisotopic (exact) mass is 796 g/mol. The van der Waals surface area contributed by atoms with Crippen molar-refractivity contribution in [3.8, 4) is 62.1 Å². The molecular formula is C58H44N4. The second kappa shape index (κ2) is 14.8. The van der Waals surface area contributed by atoms with Gasteiger partial charge in [-0.15, -0.1) is 0 Å². The first-order valence-electron chi connectivity index (χ1n) is 21.6. The summed E-state index contributed by atoms with van der Waals surface area (Å²) < 4.78 is 2.33. The molecule has 0 bridgehead atoms. The first kappa shape index (κ1) is 37.3. The Kier molecular flexibility index (Phi) is 8.90. The summed E-state index contributed by atoms with van der Waals surface area (Å²) in [5.41, 5.74) is 13.8. The fourth-order valence-electron chi connectivity index (χ4n) is 9.78. The fourth-order valence-corrected chi connectivity index (χ4v) is 9.78. The average molecular weight is 797 g/mol. The van der Waals surface area contributed by atoms with Crippen LogP contribution in [0, 0.1) is 0 Å². The van der Waals surface area contributed by atoms with E-state index in [-0.39, 0.29) is 5.41 Å². The Labute approximate surface area is 361 Å². The molecule has 0 aliphatic heterocycles. The van der Waals surface area contributed by atoms with E-state index in [1.165, 1.54) is 49.4 Å². The third-order valence-corrected chi connectivity index (χ3v) is 12.7. The van der Waals surface area contributed by atoms with Gasteiger partial charge in [-0.3, -0.25) is 4.57 Å². The Hall–Kier alpha value is -7.69. The molecule has 4 heteroatoms. The maximum Gasteiger partial charge on any atom is 0.238 e. The van der Waals surface area contributed by atoms with Crippen molar-refractivity contribution in [2.75, 3.05) is 0 Å². The van der Waals surface area contributed by atoms with Crippen LogP contribution in [0.2, 0.25) is 0 Å². The third kappa shape index (κ3) is 5.78. The quantitative estimate of drug-likeness (QED) is 0.163. The van der Waals surface area contributed by atoms with Crippen molar-refractivity contribution >= 4 is 43.4 Å². The highest BCUT2D eigenvalue weighted by atomic mass is 15.2. The predicted molar refractivity (Wildman–Crippen MR) is 260 cm³/mol. The summed E-state index contributed by atoms with van der Waals surface area (Å²) in [6.07, 6.45) is 0. The first-order chi connectivity index (χ1) is 30.5. The highest BCUT2D eigenvalue weighted by molar-refractivity contribution is 6.33. The van der Waals surface area contributed by atoms with Crippen LogP contribution in [0.3, 0.4) is 0 Å². The van der Waals surface area contributed by atoms with Crippen molar-refractivity contribution < 1.29 is 0 Å². The molecule has 0 saturated heterocycles. The van der Waals surface area contributed by atoms with Crippen LogP contribution in [0.1, 0.15) is 38.8 Å². The van der Waals surface area contributed by atoms with Crippen molar-refractivity contribution in [2.45, 2.75) is 33.1 Å². The summed E-state index contributed by atoms with van der Waals surface area (Å²) in [6.45, 7) is 8.70. The van der Waals surface area contributed by atoms with E-state index in [1.54, 1.807) is 0 Å². The lowest BCUT2D eigenvalue weighted by atomic mass is 9.81. The van der Waals surface area contributed by atoms with Gasteiger partial charge < -0.3 is 0 Å². The van der Waals surface area contributed by atoms with Crippen LogP contribution < -0.4 is 0 Å². The molecule has 1 aliphatic rings. The van der Waals surface area contributed by atoms with E-state index >= 15 is 0 Å². The SMILES string of the molecule is CC.CC1(C)c2ccccc2-c2ccc(-c3cccc4c5c6ccccc6c6ccccc6c5n(-c5nc(-c6ccccc6)nc(-c6ccc(-c7ccccc7)cc6)n5)c34)cc21. The zero-order valence-electron chi connectivity index (χ0n) is 35.3. The minimum Gasteiger partial charge on any atom is -0.277 e. The molecule has 4 nitrogen and oxygen atoms in total. The summed E-state index contributed by atoms with van der Waals surface area (Å²) in [7, 11) is 0. The molecule has 62 heavy (non-hydrogen) atoms. The van der Waals surface area contributed by atoms with Crippen molar-refractivity contribution in [1.29, 1.82) is 0 Å². The van der Waals surface area contributed by atoms with Gasteiger partial charge in [0, 0.05) is 38.3 Å². The van der Waals surface area contributed by atoms with Gasteiger partial charge in [0.1, 0.15) is 0 Å². The smallest absolute Gasteiger partial charge is 0.238 e. The molecule has 9 aromatic carbocycles. The van der Waals surface area contributed by atoms with Crippen LogP contribution in [-0.2, 0) is 5.41 Å². The molecule has 2 aromatic heterocycles. The van der Waals surface area contributed by atoms with E-state index in [2.05, 4.69) is 188 Å². The van der Waals surface area contributed by atoms with Crippen molar-refractivity contribution in [3.05, 3.63) is 205 Å². The van der Waals surface area contributed by atoms with Crippen molar-refractivity contribution in [3.63, 3.8) is 0 Å². The second-order valence-electron chi connectivity index (χ2n) is 16.4. The van der Waals surface area contributed by atoms with Crippen molar-refractivity contribution in [1.82, 2.24) is 19.5 Å². The third-order valence-electron chi connectivity index (χ3n) is 12.7. The Balaban J connectivity index is 0.00000213. The van der Waals surface area contributed by atoms with Gasteiger partial charge in [0.2, 0.25) is 5.95 Å². The van der Waals surface area contributed by atoms with E-state index in [0.29, 0.717) is 17.6 Å². The number of nitrogens with zero attached hydrogens (tertiary/aromatic N) is 4. The molecule has 0 N–H and O–H groups in total. The van der Waals surface area contributed by atoms with Crippen LogP contribution in [0.25, 0.3) is 105 Å². The Bertz CT molecular complexity index is 3490. The summed E-state index contributed by atoms with van der Waals surface area (Å²) in [5, 5.41) is 7.11. The highest BCUT2D eigenvalue weighted by Gasteiger charge is 2.35. The molecule has 0 atom stereocenters. The molecule has 0 saturated carbocycles. The zero-order chi connectivity index (χ0) is 42.0. The lowest BCUT2D eigenvalue weighted by Crippen LogP contribution is -2.14. The molecule has 0 amide bonds. The fraction of sp³-hybridized carbons (Fsp3) is 0.0862. The van der Waals surface area contributed by atoms with E-state index in [4.69, 9.17) is 15.0 Å². The van der Waals surface area contributed by atoms with Gasteiger partial charge in [0.15, 0.2) is 11.6 Å². The predicted octanol–water partition coefficient (Wildman–Crippen LogP) is 15.3. The summed E-state index contributed by atoms with van der Waals surface area (Å²) >= 11 is 0. The van der Waals surface area contributed by atoms with Crippen LogP contribution in [0.15, 0.2) is 194 Å². The maximum absolute atomic E-state index is 5.44. The van der Waals surface area contributed by atoms with Crippen LogP contribution in [-0.4, -0.2) is 19.5 Å². The number of para-hydroxylation sites is 1. The van der Waals surface area contributed by atoms with Gasteiger partial charge in [-0.1, -0.05) is 216 Å². The molecule has 0 fully saturated rings. The number of hydrogen-bond donors (Lipinski definition) is 0. The van der Waals surface area contributed by atoms with E-state index in [1.807, 2.05) is 38.1 Å². The lowest BCUT2D eigenvalue weighted by molar-refractivity contribution is 0.660. The van der Waals surface area contributed by atoms with Crippen LogP contribution >= 0.6 is 0 Å². The minimum atomic E-state index is -0.140. The summed E-state index contributed by atoms with van der Waals surface area (Å²) in [4.78, 5) is 16.0. The lowest BCUT2D eigenvalue weighted by Gasteiger charge is -2.22. The second-order valence-corrected chi connectivity index (χ2v) is 16.4. The molecule has 11 aromatic rings. The number of hydrogen-bond acceptors (Lipinski definition) is 3. The minimum absolute atomic E-state index is 0.140. The first-order valence-corrected chi connectivity index (χ1v) is 21.6. The van der Waals surface area contributed by atoms with Crippen LogP contribution in [0.4, 0.5) is 0 Å². The van der Waals surface area contributed by atoms with Gasteiger partial charge in [0.05, 0.1) is 11.0 Å². The van der Waals surface area contributed by atoms with Gasteiger partial charge in [-0.2, -0.15) is 9.97 Å². The highest BCUT2D eigenvalue weighted by Crippen LogP contribution is 2.51. The summed E-state index contributed by atoms with van der Waals surface area (Å²) in [6, 6.07) is 69.5. The topological polar surface area (TPSA) is 43.6 Å². The van der Waals surface area contributed by atoms with E-state index in [9.17, 15) is 0 Å². The summed E-state index contributed by atoms with van der Waals surface area (Å²) in [5.74, 6) is 1.82. The van der Waals surface area contributed by atoms with Crippen molar-refractivity contribution in [2.24, 2.45) is 0 Å². The largest absolute Gasteiger partial charge is 0.277 e. The number of benzene rings is 9. The molecule has 0 spiro atoms. The normalized spacial score (nSPS) is 12.6. The Morgan fingerprint density at radius 1 is 0.355 bits per heavy atom. The van der Waals surface area contributed by atoms with Gasteiger partial charge in [-0.05, 0) is 61.2 Å². The Morgan fingerprint density at radius 3 is 1.55 bits per heavy atom. The molecular weight excluding hydrogens is 753 g/mol. The molecule has 12 rings (SSSR count). The number of fused-ring (bicyclic) bond motifs is 11. The molecule has 296 valence electrons. The van der Waals surface area contributed by atoms with Gasteiger partial charge in [-0.25, -0.2) is 4.98 Å². The standard InChI is InChI=1S/C56H38N4.C2H6/c1-56(2)48-27-14-13-22-43(48)44-33-32-39(34-49(44)56)40-25-15-26-47-50-45-23-11-9-20-41(45)42-21-10-12-24-46(42)52(50)60(51(40)47)55-58-53(37-18-7-4-8-19-37)57-54(59-55)38-30-28-36(29-31-38)35-16-5-3-6-17-35;1-2/h3-34H,1-2H3;1-2H3. The molecule has 1 aliphatic carbocycles. The van der Waals surface area contributed by atoms with Crippen LogP contribution in [0.5, 0.6) is 0 Å². The maximum atomic E-state index is 5.44. The average Bonchev–Trinajstić information content (AvgIpc) is 3.82. The zero-order valence-corrected chi connectivity index (χ0v) is 35.3. The Morgan fingerprint density at radius 2 is 0.839 bits per heavy atom. The van der Waals surface area contributed by atoms with E-state index < -0.39 is 0 Å². The van der Waals surface area contributed by atoms with Gasteiger partial charge in [0.25, 0.3) is 0 Å². The number of aromatic nitrogens is 4. The molecule has 2 heterocycles.